The third-order valence-corrected chi connectivity index (χ3v) is 3.50. The fraction of sp³-hybridized carbons (Fsp3) is 0.533. The van der Waals surface area contributed by atoms with E-state index in [4.69, 9.17) is 4.74 Å². The zero-order valence-corrected chi connectivity index (χ0v) is 11.9. The van der Waals surface area contributed by atoms with Crippen molar-refractivity contribution in [1.29, 1.82) is 0 Å². The molecular weight excluding hydrogens is 259 g/mol. The number of benzene rings is 1. The summed E-state index contributed by atoms with van der Waals surface area (Å²) in [5, 5.41) is 6.14. The molecule has 2 rings (SSSR count). The number of carbonyl (C=O) groups is 1. The standard InChI is InChI=1S/C15H21FN2O2/c1-10(12-5-6-14(20-2)13(16)9-12)17-7-8-18-15(19)11-3-4-11/h5-6,9-11,17H,3-4,7-8H2,1-2H3,(H,18,19). The van der Waals surface area contributed by atoms with E-state index in [1.54, 1.807) is 6.07 Å². The van der Waals surface area contributed by atoms with Gasteiger partial charge in [-0.05, 0) is 37.5 Å². The summed E-state index contributed by atoms with van der Waals surface area (Å²) in [6, 6.07) is 4.95. The Balaban J connectivity index is 1.74. The molecule has 110 valence electrons. The topological polar surface area (TPSA) is 50.4 Å². The number of nitrogens with one attached hydrogen (secondary N) is 2. The molecule has 1 aromatic rings. The largest absolute Gasteiger partial charge is 0.494 e. The first-order valence-electron chi connectivity index (χ1n) is 6.96. The summed E-state index contributed by atoms with van der Waals surface area (Å²) in [6.07, 6.45) is 2.03. The summed E-state index contributed by atoms with van der Waals surface area (Å²) in [4.78, 5) is 11.4. The van der Waals surface area contributed by atoms with E-state index < -0.39 is 0 Å². The molecule has 1 fully saturated rings. The van der Waals surface area contributed by atoms with E-state index in [-0.39, 0.29) is 29.4 Å². The highest BCUT2D eigenvalue weighted by Crippen LogP contribution is 2.28. The summed E-state index contributed by atoms with van der Waals surface area (Å²) in [5.41, 5.74) is 0.858. The van der Waals surface area contributed by atoms with E-state index >= 15 is 0 Å². The molecule has 0 aliphatic heterocycles. The molecule has 1 aliphatic carbocycles. The molecule has 1 saturated carbocycles. The van der Waals surface area contributed by atoms with E-state index in [0.29, 0.717) is 13.1 Å². The van der Waals surface area contributed by atoms with Gasteiger partial charge in [0.1, 0.15) is 0 Å². The van der Waals surface area contributed by atoms with Gasteiger partial charge in [-0.25, -0.2) is 4.39 Å². The second kappa shape index (κ2) is 6.70. The van der Waals surface area contributed by atoms with Crippen molar-refractivity contribution in [1.82, 2.24) is 10.6 Å². The van der Waals surface area contributed by atoms with Gasteiger partial charge < -0.3 is 15.4 Å². The van der Waals surface area contributed by atoms with Crippen LogP contribution in [0.4, 0.5) is 4.39 Å². The predicted octanol–water partition coefficient (Wildman–Crippen LogP) is 2.01. The molecule has 20 heavy (non-hydrogen) atoms. The number of hydrogen-bond acceptors (Lipinski definition) is 3. The molecule has 5 heteroatoms. The monoisotopic (exact) mass is 280 g/mol. The Bertz CT molecular complexity index is 475. The van der Waals surface area contributed by atoms with Gasteiger partial charge >= 0.3 is 0 Å². The minimum atomic E-state index is -0.360. The van der Waals surface area contributed by atoms with Gasteiger partial charge in [0.25, 0.3) is 0 Å². The van der Waals surface area contributed by atoms with Gasteiger partial charge in [0.15, 0.2) is 11.6 Å². The van der Waals surface area contributed by atoms with Crippen LogP contribution < -0.4 is 15.4 Å². The second-order valence-corrected chi connectivity index (χ2v) is 5.14. The van der Waals surface area contributed by atoms with Crippen LogP contribution in [0, 0.1) is 11.7 Å². The molecular formula is C15H21FN2O2. The third-order valence-electron chi connectivity index (χ3n) is 3.50. The van der Waals surface area contributed by atoms with Crippen molar-refractivity contribution in [2.75, 3.05) is 20.2 Å². The van der Waals surface area contributed by atoms with Gasteiger partial charge in [-0.3, -0.25) is 4.79 Å². The van der Waals surface area contributed by atoms with Crippen molar-refractivity contribution in [3.63, 3.8) is 0 Å². The highest BCUT2D eigenvalue weighted by Gasteiger charge is 2.28. The molecule has 0 aromatic heterocycles. The van der Waals surface area contributed by atoms with Crippen molar-refractivity contribution >= 4 is 5.91 Å². The Kier molecular flexibility index (Phi) is 4.95. The maximum atomic E-state index is 13.6. The smallest absolute Gasteiger partial charge is 0.223 e. The van der Waals surface area contributed by atoms with Gasteiger partial charge in [0.2, 0.25) is 5.91 Å². The second-order valence-electron chi connectivity index (χ2n) is 5.14. The number of amides is 1. The number of methoxy groups -OCH3 is 1. The highest BCUT2D eigenvalue weighted by molar-refractivity contribution is 5.80. The number of halogens is 1. The normalized spacial score (nSPS) is 15.8. The summed E-state index contributed by atoms with van der Waals surface area (Å²) in [6.45, 7) is 3.22. The molecule has 1 atom stereocenters. The Labute approximate surface area is 118 Å². The maximum Gasteiger partial charge on any atom is 0.223 e. The Morgan fingerprint density at radius 2 is 2.20 bits per heavy atom. The lowest BCUT2D eigenvalue weighted by Gasteiger charge is -2.15. The minimum absolute atomic E-state index is 0.0215. The van der Waals surface area contributed by atoms with Crippen LogP contribution in [0.5, 0.6) is 5.75 Å². The first-order valence-corrected chi connectivity index (χ1v) is 6.96. The molecule has 0 heterocycles. The number of hydrogen-bond donors (Lipinski definition) is 2. The summed E-state index contributed by atoms with van der Waals surface area (Å²) in [7, 11) is 1.45. The van der Waals surface area contributed by atoms with E-state index in [9.17, 15) is 9.18 Å². The van der Waals surface area contributed by atoms with Crippen LogP contribution in [0.25, 0.3) is 0 Å². The first kappa shape index (κ1) is 14.8. The summed E-state index contributed by atoms with van der Waals surface area (Å²) in [5.74, 6) is 0.274. The van der Waals surface area contributed by atoms with Gasteiger partial charge in [-0.2, -0.15) is 0 Å². The molecule has 1 unspecified atom stereocenters. The molecule has 0 radical (unpaired) electrons. The quantitative estimate of drug-likeness (QED) is 0.751. The Morgan fingerprint density at radius 3 is 2.80 bits per heavy atom. The zero-order chi connectivity index (χ0) is 14.5. The van der Waals surface area contributed by atoms with Crippen molar-refractivity contribution in [2.24, 2.45) is 5.92 Å². The summed E-state index contributed by atoms with van der Waals surface area (Å²) < 4.78 is 18.5. The lowest BCUT2D eigenvalue weighted by molar-refractivity contribution is -0.122. The van der Waals surface area contributed by atoms with Crippen molar-refractivity contribution in [3.05, 3.63) is 29.6 Å². The van der Waals surface area contributed by atoms with Crippen LogP contribution in [-0.4, -0.2) is 26.1 Å². The van der Waals surface area contributed by atoms with E-state index in [0.717, 1.165) is 18.4 Å². The van der Waals surface area contributed by atoms with Gasteiger partial charge in [0.05, 0.1) is 7.11 Å². The van der Waals surface area contributed by atoms with Crippen molar-refractivity contribution in [2.45, 2.75) is 25.8 Å². The minimum Gasteiger partial charge on any atom is -0.494 e. The van der Waals surface area contributed by atoms with E-state index in [1.807, 2.05) is 13.0 Å². The van der Waals surface area contributed by atoms with Crippen LogP contribution in [-0.2, 0) is 4.79 Å². The predicted molar refractivity (Wildman–Crippen MR) is 75.1 cm³/mol. The number of rotatable bonds is 7. The maximum absolute atomic E-state index is 13.6. The Hall–Kier alpha value is -1.62. The molecule has 1 aliphatic rings. The van der Waals surface area contributed by atoms with Crippen LogP contribution >= 0.6 is 0 Å². The SMILES string of the molecule is COc1ccc(C(C)NCCNC(=O)C2CC2)cc1F. The van der Waals surface area contributed by atoms with Crippen LogP contribution in [0.15, 0.2) is 18.2 Å². The van der Waals surface area contributed by atoms with Crippen molar-refractivity contribution in [3.8, 4) is 5.75 Å². The third kappa shape index (κ3) is 3.93. The summed E-state index contributed by atoms with van der Waals surface area (Å²) >= 11 is 0. The van der Waals surface area contributed by atoms with E-state index in [2.05, 4.69) is 10.6 Å². The zero-order valence-electron chi connectivity index (χ0n) is 11.9. The number of carbonyl (C=O) groups excluding carboxylic acids is 1. The highest BCUT2D eigenvalue weighted by atomic mass is 19.1. The van der Waals surface area contributed by atoms with Crippen LogP contribution in [0.3, 0.4) is 0 Å². The molecule has 0 spiro atoms. The first-order chi connectivity index (χ1) is 9.61. The van der Waals surface area contributed by atoms with Crippen molar-refractivity contribution < 1.29 is 13.9 Å². The molecule has 0 bridgehead atoms. The Morgan fingerprint density at radius 1 is 1.45 bits per heavy atom. The molecule has 1 aromatic carbocycles. The fourth-order valence-corrected chi connectivity index (χ4v) is 2.03. The van der Waals surface area contributed by atoms with E-state index in [1.165, 1.54) is 13.2 Å². The molecule has 2 N–H and O–H groups in total. The fourth-order valence-electron chi connectivity index (χ4n) is 2.03. The average molecular weight is 280 g/mol. The number of ether oxygens (including phenoxy) is 1. The van der Waals surface area contributed by atoms with Gasteiger partial charge in [-0.15, -0.1) is 0 Å². The lowest BCUT2D eigenvalue weighted by Crippen LogP contribution is -2.33. The van der Waals surface area contributed by atoms with Gasteiger partial charge in [-0.1, -0.05) is 6.07 Å². The van der Waals surface area contributed by atoms with Crippen LogP contribution in [0.2, 0.25) is 0 Å². The van der Waals surface area contributed by atoms with Gasteiger partial charge in [0, 0.05) is 25.0 Å². The average Bonchev–Trinajstić information content (AvgIpc) is 3.27. The molecule has 0 saturated heterocycles. The molecule has 4 nitrogen and oxygen atoms in total. The van der Waals surface area contributed by atoms with Crippen LogP contribution in [0.1, 0.15) is 31.4 Å². The molecule has 1 amide bonds. The lowest BCUT2D eigenvalue weighted by atomic mass is 10.1.